The summed E-state index contributed by atoms with van der Waals surface area (Å²) in [4.78, 5) is 12.1. The Morgan fingerprint density at radius 3 is 2.64 bits per heavy atom. The highest BCUT2D eigenvalue weighted by Crippen LogP contribution is 2.27. The lowest BCUT2D eigenvalue weighted by Crippen LogP contribution is -2.46. The lowest BCUT2D eigenvalue weighted by atomic mass is 9.84. The first kappa shape index (κ1) is 18.5. The molecule has 146 valence electrons. The van der Waals surface area contributed by atoms with Gasteiger partial charge < -0.3 is 10.1 Å². The van der Waals surface area contributed by atoms with E-state index in [1.165, 1.54) is 12.1 Å². The van der Waals surface area contributed by atoms with Crippen molar-refractivity contribution < 1.29 is 13.9 Å². The summed E-state index contributed by atoms with van der Waals surface area (Å²) < 4.78 is 21.0. The van der Waals surface area contributed by atoms with Crippen LogP contribution < -0.4 is 10.1 Å². The predicted octanol–water partition coefficient (Wildman–Crippen LogP) is 4.24. The highest BCUT2D eigenvalue weighted by atomic mass is 19.1. The third-order valence-electron chi connectivity index (χ3n) is 5.48. The topological polar surface area (TPSA) is 56.1 Å². The third kappa shape index (κ3) is 3.72. The quantitative estimate of drug-likeness (QED) is 0.695. The molecule has 28 heavy (non-hydrogen) atoms. The van der Waals surface area contributed by atoms with Gasteiger partial charge in [-0.3, -0.25) is 4.79 Å². The van der Waals surface area contributed by atoms with Crippen LogP contribution in [0.25, 0.3) is 16.6 Å². The van der Waals surface area contributed by atoms with E-state index in [0.29, 0.717) is 0 Å². The van der Waals surface area contributed by atoms with E-state index in [9.17, 15) is 9.18 Å². The Morgan fingerprint density at radius 2 is 1.96 bits per heavy atom. The van der Waals surface area contributed by atoms with Gasteiger partial charge in [0.2, 0.25) is 5.91 Å². The molecule has 0 aliphatic heterocycles. The summed E-state index contributed by atoms with van der Waals surface area (Å²) in [6, 6.07) is 11.9. The highest BCUT2D eigenvalue weighted by Gasteiger charge is 2.27. The lowest BCUT2D eigenvalue weighted by Gasteiger charge is -2.28. The number of ether oxygens (including phenoxy) is 1. The van der Waals surface area contributed by atoms with Crippen LogP contribution in [0.2, 0.25) is 0 Å². The number of hydrogen-bond donors (Lipinski definition) is 1. The number of rotatable bonds is 6. The monoisotopic (exact) mass is 381 g/mol. The molecule has 2 aromatic carbocycles. The fraction of sp³-hybridized carbons (Fsp3) is 0.364. The number of carbonyl (C=O) groups is 1. The zero-order valence-corrected chi connectivity index (χ0v) is 16.1. The molecule has 0 spiro atoms. The second-order valence-corrected chi connectivity index (χ2v) is 7.50. The second kappa shape index (κ2) is 7.62. The number of benzene rings is 2. The van der Waals surface area contributed by atoms with E-state index in [1.807, 2.05) is 32.0 Å². The van der Waals surface area contributed by atoms with Crippen molar-refractivity contribution in [2.45, 2.75) is 45.3 Å². The molecule has 6 heteroatoms. The number of hydrogen-bond acceptors (Lipinski definition) is 3. The number of aromatic nitrogens is 2. The minimum Gasteiger partial charge on any atom is -0.489 e. The molecule has 1 saturated carbocycles. The van der Waals surface area contributed by atoms with E-state index >= 15 is 0 Å². The SMILES string of the molecule is C[C@H](NC(=O)C1CCC1)[C@@H](C)Oc1ccc2c(cnn2-c2ccc(F)cc2)c1. The molecule has 1 aromatic heterocycles. The zero-order chi connectivity index (χ0) is 19.7. The van der Waals surface area contributed by atoms with Crippen LogP contribution in [0.15, 0.2) is 48.7 Å². The number of fused-ring (bicyclic) bond motifs is 1. The summed E-state index contributed by atoms with van der Waals surface area (Å²) in [5, 5.41) is 8.40. The van der Waals surface area contributed by atoms with Gasteiger partial charge in [-0.2, -0.15) is 5.10 Å². The Kier molecular flexibility index (Phi) is 5.03. The molecule has 0 bridgehead atoms. The first-order valence-corrected chi connectivity index (χ1v) is 9.72. The van der Waals surface area contributed by atoms with Gasteiger partial charge in [0, 0.05) is 11.3 Å². The van der Waals surface area contributed by atoms with Crippen LogP contribution in [0.3, 0.4) is 0 Å². The zero-order valence-electron chi connectivity index (χ0n) is 16.1. The van der Waals surface area contributed by atoms with E-state index in [4.69, 9.17) is 4.74 Å². The normalized spacial score (nSPS) is 16.4. The average molecular weight is 381 g/mol. The largest absolute Gasteiger partial charge is 0.489 e. The predicted molar refractivity (Wildman–Crippen MR) is 106 cm³/mol. The van der Waals surface area contributed by atoms with Crippen LogP contribution in [-0.2, 0) is 4.79 Å². The highest BCUT2D eigenvalue weighted by molar-refractivity contribution is 5.82. The van der Waals surface area contributed by atoms with Crippen LogP contribution in [0, 0.1) is 11.7 Å². The van der Waals surface area contributed by atoms with Crippen LogP contribution in [-0.4, -0.2) is 27.8 Å². The first-order valence-electron chi connectivity index (χ1n) is 9.72. The second-order valence-electron chi connectivity index (χ2n) is 7.50. The molecule has 4 rings (SSSR count). The Balaban J connectivity index is 1.46. The van der Waals surface area contributed by atoms with Crippen LogP contribution in [0.5, 0.6) is 5.75 Å². The molecule has 0 radical (unpaired) electrons. The average Bonchev–Trinajstić information content (AvgIpc) is 3.04. The molecule has 1 N–H and O–H groups in total. The Hall–Kier alpha value is -2.89. The number of nitrogens with zero attached hydrogens (tertiary/aromatic N) is 2. The van der Waals surface area contributed by atoms with Crippen molar-refractivity contribution >= 4 is 16.8 Å². The summed E-state index contributed by atoms with van der Waals surface area (Å²) in [6.45, 7) is 3.92. The smallest absolute Gasteiger partial charge is 0.223 e. The van der Waals surface area contributed by atoms with E-state index in [1.54, 1.807) is 23.0 Å². The number of carbonyl (C=O) groups excluding carboxylic acids is 1. The fourth-order valence-electron chi connectivity index (χ4n) is 3.32. The third-order valence-corrected chi connectivity index (χ3v) is 5.48. The van der Waals surface area contributed by atoms with Crippen molar-refractivity contribution in [2.24, 2.45) is 5.92 Å². The number of halogens is 1. The lowest BCUT2D eigenvalue weighted by molar-refractivity contribution is -0.128. The van der Waals surface area contributed by atoms with E-state index < -0.39 is 0 Å². The standard InChI is InChI=1S/C22H24FN3O2/c1-14(25-22(27)16-4-3-5-16)15(2)28-20-10-11-21-17(12-20)13-24-26(21)19-8-6-18(23)7-9-19/h6-16H,3-5H2,1-2H3,(H,25,27)/t14-,15+/m0/s1. The molecule has 1 amide bonds. The van der Waals surface area contributed by atoms with Crippen molar-refractivity contribution in [1.29, 1.82) is 0 Å². The Bertz CT molecular complexity index is 979. The minimum atomic E-state index is -0.275. The molecular formula is C22H24FN3O2. The van der Waals surface area contributed by atoms with Crippen LogP contribution >= 0.6 is 0 Å². The maximum atomic E-state index is 13.2. The maximum absolute atomic E-state index is 13.2. The minimum absolute atomic E-state index is 0.0780. The van der Waals surface area contributed by atoms with Gasteiger partial charge in [-0.1, -0.05) is 6.42 Å². The van der Waals surface area contributed by atoms with Gasteiger partial charge in [-0.15, -0.1) is 0 Å². The summed E-state index contributed by atoms with van der Waals surface area (Å²) in [5.74, 6) is 0.750. The molecule has 2 atom stereocenters. The molecule has 5 nitrogen and oxygen atoms in total. The van der Waals surface area contributed by atoms with Crippen LogP contribution in [0.1, 0.15) is 33.1 Å². The molecule has 3 aromatic rings. The van der Waals surface area contributed by atoms with Gasteiger partial charge in [0.05, 0.1) is 23.4 Å². The number of amides is 1. The Labute approximate surface area is 163 Å². The van der Waals surface area contributed by atoms with E-state index in [0.717, 1.165) is 41.6 Å². The van der Waals surface area contributed by atoms with Crippen LogP contribution in [0.4, 0.5) is 4.39 Å². The van der Waals surface area contributed by atoms with Gasteiger partial charge in [0.25, 0.3) is 0 Å². The van der Waals surface area contributed by atoms with Crippen molar-refractivity contribution in [3.63, 3.8) is 0 Å². The van der Waals surface area contributed by atoms with Crippen molar-refractivity contribution in [3.05, 3.63) is 54.5 Å². The summed E-state index contributed by atoms with van der Waals surface area (Å²) >= 11 is 0. The fourth-order valence-corrected chi connectivity index (χ4v) is 3.32. The van der Waals surface area contributed by atoms with Gasteiger partial charge >= 0.3 is 0 Å². The summed E-state index contributed by atoms with van der Waals surface area (Å²) in [6.07, 6.45) is 4.72. The molecule has 1 aliphatic carbocycles. The van der Waals surface area contributed by atoms with Crippen molar-refractivity contribution in [1.82, 2.24) is 15.1 Å². The molecule has 0 unspecified atom stereocenters. The Morgan fingerprint density at radius 1 is 1.21 bits per heavy atom. The van der Waals surface area contributed by atoms with Crippen molar-refractivity contribution in [2.75, 3.05) is 0 Å². The number of nitrogens with one attached hydrogen (secondary N) is 1. The first-order chi connectivity index (χ1) is 13.5. The molecule has 1 fully saturated rings. The molecule has 1 aliphatic rings. The van der Waals surface area contributed by atoms with Gasteiger partial charge in [0.15, 0.2) is 0 Å². The summed E-state index contributed by atoms with van der Waals surface area (Å²) in [7, 11) is 0. The van der Waals surface area contributed by atoms with Gasteiger partial charge in [0.1, 0.15) is 17.7 Å². The summed E-state index contributed by atoms with van der Waals surface area (Å²) in [5.41, 5.74) is 1.71. The van der Waals surface area contributed by atoms with Gasteiger partial charge in [-0.25, -0.2) is 9.07 Å². The maximum Gasteiger partial charge on any atom is 0.223 e. The van der Waals surface area contributed by atoms with E-state index in [-0.39, 0.29) is 29.8 Å². The van der Waals surface area contributed by atoms with Crippen molar-refractivity contribution in [3.8, 4) is 11.4 Å². The molecule has 0 saturated heterocycles. The molecular weight excluding hydrogens is 357 g/mol. The van der Waals surface area contributed by atoms with Gasteiger partial charge in [-0.05, 0) is 69.2 Å². The van der Waals surface area contributed by atoms with E-state index in [2.05, 4.69) is 10.4 Å². The molecule has 1 heterocycles.